The van der Waals surface area contributed by atoms with Crippen LogP contribution in [0.4, 0.5) is 11.6 Å². The molecule has 1 aliphatic rings. The molecule has 8 heteroatoms. The lowest BCUT2D eigenvalue weighted by molar-refractivity contribution is 0.335. The summed E-state index contributed by atoms with van der Waals surface area (Å²) in [5.41, 5.74) is 1.70. The molecule has 8 nitrogen and oxygen atoms in total. The van der Waals surface area contributed by atoms with Crippen molar-refractivity contribution in [2.45, 2.75) is 19.4 Å². The van der Waals surface area contributed by atoms with E-state index in [4.69, 9.17) is 0 Å². The average molecular weight is 391 g/mol. The third-order valence-electron chi connectivity index (χ3n) is 5.31. The van der Waals surface area contributed by atoms with Gasteiger partial charge in [-0.1, -0.05) is 0 Å². The van der Waals surface area contributed by atoms with Crippen molar-refractivity contribution in [3.63, 3.8) is 0 Å². The van der Waals surface area contributed by atoms with Gasteiger partial charge in [0.1, 0.15) is 18.0 Å². The summed E-state index contributed by atoms with van der Waals surface area (Å²) < 4.78 is 1.60. The van der Waals surface area contributed by atoms with Crippen molar-refractivity contribution in [2.24, 2.45) is 5.92 Å². The third-order valence-corrected chi connectivity index (χ3v) is 5.31. The first-order valence-electron chi connectivity index (χ1n) is 9.83. The highest BCUT2D eigenvalue weighted by Crippen LogP contribution is 2.24. The quantitative estimate of drug-likeness (QED) is 0.659. The molecule has 1 fully saturated rings. The molecule has 0 saturated carbocycles. The molecule has 0 radical (unpaired) electrons. The largest absolute Gasteiger partial charge is 0.363 e. The minimum absolute atomic E-state index is 0.0586. The molecule has 0 bridgehead atoms. The van der Waals surface area contributed by atoms with Crippen molar-refractivity contribution in [1.82, 2.24) is 24.7 Å². The Morgan fingerprint density at radius 2 is 1.83 bits per heavy atom. The number of anilines is 2. The zero-order valence-corrected chi connectivity index (χ0v) is 16.8. The van der Waals surface area contributed by atoms with Gasteiger partial charge in [0.2, 0.25) is 0 Å². The Labute approximate surface area is 169 Å². The van der Waals surface area contributed by atoms with Crippen LogP contribution in [0.1, 0.15) is 12.8 Å². The Morgan fingerprint density at radius 1 is 1.07 bits per heavy atom. The minimum atomic E-state index is -0.0586. The zero-order valence-electron chi connectivity index (χ0n) is 16.8. The fourth-order valence-corrected chi connectivity index (χ4v) is 3.60. The van der Waals surface area contributed by atoms with E-state index in [0.29, 0.717) is 12.5 Å². The lowest BCUT2D eigenvalue weighted by atomic mass is 9.97. The highest BCUT2D eigenvalue weighted by atomic mass is 16.1. The van der Waals surface area contributed by atoms with E-state index in [1.807, 2.05) is 37.2 Å². The summed E-state index contributed by atoms with van der Waals surface area (Å²) in [5.74, 6) is 2.28. The van der Waals surface area contributed by atoms with E-state index in [9.17, 15) is 4.79 Å². The number of aromatic nitrogens is 5. The number of hydrogen-bond donors (Lipinski definition) is 0. The average Bonchev–Trinajstić information content (AvgIpc) is 2.76. The first-order chi connectivity index (χ1) is 14.1. The molecule has 0 aromatic carbocycles. The molecule has 1 saturated heterocycles. The number of piperidine rings is 1. The van der Waals surface area contributed by atoms with Crippen molar-refractivity contribution < 1.29 is 0 Å². The summed E-state index contributed by atoms with van der Waals surface area (Å²) in [4.78, 5) is 29.3. The summed E-state index contributed by atoms with van der Waals surface area (Å²) in [7, 11) is 3.95. The zero-order chi connectivity index (χ0) is 20.2. The van der Waals surface area contributed by atoms with E-state index in [1.165, 1.54) is 0 Å². The molecule has 0 aliphatic carbocycles. The highest BCUT2D eigenvalue weighted by Gasteiger charge is 2.22. The predicted octanol–water partition coefficient (Wildman–Crippen LogP) is 2.08. The van der Waals surface area contributed by atoms with Crippen LogP contribution in [0.25, 0.3) is 11.3 Å². The molecule has 4 heterocycles. The van der Waals surface area contributed by atoms with Crippen molar-refractivity contribution in [2.75, 3.05) is 37.0 Å². The molecule has 0 spiro atoms. The SMILES string of the molecule is CN(C)c1cc(N2CCC(Cn3nc(-c4ccncc4)ccc3=O)CC2)ncn1. The molecule has 3 aromatic rings. The van der Waals surface area contributed by atoms with Gasteiger partial charge in [0.05, 0.1) is 5.69 Å². The van der Waals surface area contributed by atoms with Crippen LogP contribution < -0.4 is 15.4 Å². The Bertz CT molecular complexity index is 1010. The predicted molar refractivity (Wildman–Crippen MR) is 113 cm³/mol. The van der Waals surface area contributed by atoms with Gasteiger partial charge < -0.3 is 9.80 Å². The Hall–Kier alpha value is -3.29. The third kappa shape index (κ3) is 4.42. The van der Waals surface area contributed by atoms with Crippen molar-refractivity contribution in [1.29, 1.82) is 0 Å². The first kappa shape index (κ1) is 19.0. The fourth-order valence-electron chi connectivity index (χ4n) is 3.60. The van der Waals surface area contributed by atoms with Gasteiger partial charge in [-0.15, -0.1) is 0 Å². The summed E-state index contributed by atoms with van der Waals surface area (Å²) in [5, 5.41) is 4.58. The fraction of sp³-hybridized carbons (Fsp3) is 0.381. The topological polar surface area (TPSA) is 80.0 Å². The number of pyridine rings is 1. The molecule has 29 heavy (non-hydrogen) atoms. The standard InChI is InChI=1S/C21H25N7O/c1-26(2)19-13-20(24-15-23-19)27-11-7-16(8-12-27)14-28-21(29)4-3-18(25-28)17-5-9-22-10-6-17/h3-6,9-10,13,15-16H,7-8,11-12,14H2,1-2H3. The van der Waals surface area contributed by atoms with E-state index >= 15 is 0 Å². The molecule has 1 aliphatic heterocycles. The lowest BCUT2D eigenvalue weighted by Gasteiger charge is -2.33. The van der Waals surface area contributed by atoms with E-state index < -0.39 is 0 Å². The molecule has 3 aromatic heterocycles. The second-order valence-corrected chi connectivity index (χ2v) is 7.53. The molecular formula is C21H25N7O. The van der Waals surface area contributed by atoms with Gasteiger partial charge in [0, 0.05) is 63.8 Å². The van der Waals surface area contributed by atoms with Gasteiger partial charge in [-0.05, 0) is 37.0 Å². The number of nitrogens with zero attached hydrogens (tertiary/aromatic N) is 7. The molecule has 150 valence electrons. The molecule has 4 rings (SSSR count). The number of hydrogen-bond acceptors (Lipinski definition) is 7. The van der Waals surface area contributed by atoms with Gasteiger partial charge in [0.15, 0.2) is 0 Å². The second kappa shape index (κ2) is 8.38. The van der Waals surface area contributed by atoms with Gasteiger partial charge in [0.25, 0.3) is 5.56 Å². The van der Waals surface area contributed by atoms with E-state index in [1.54, 1.807) is 35.5 Å². The summed E-state index contributed by atoms with van der Waals surface area (Å²) in [6.45, 7) is 2.46. The lowest BCUT2D eigenvalue weighted by Crippen LogP contribution is -2.37. The maximum absolute atomic E-state index is 12.3. The first-order valence-corrected chi connectivity index (χ1v) is 9.83. The van der Waals surface area contributed by atoms with Crippen LogP contribution >= 0.6 is 0 Å². The Kier molecular flexibility index (Phi) is 5.50. The molecular weight excluding hydrogens is 366 g/mol. The minimum Gasteiger partial charge on any atom is -0.363 e. The van der Waals surface area contributed by atoms with Gasteiger partial charge in [-0.3, -0.25) is 9.78 Å². The molecule has 0 unspecified atom stereocenters. The monoisotopic (exact) mass is 391 g/mol. The molecule has 0 atom stereocenters. The van der Waals surface area contributed by atoms with Crippen LogP contribution in [0.15, 0.2) is 53.8 Å². The highest BCUT2D eigenvalue weighted by molar-refractivity contribution is 5.57. The van der Waals surface area contributed by atoms with Crippen LogP contribution in [0.2, 0.25) is 0 Å². The van der Waals surface area contributed by atoms with Crippen LogP contribution in [0.5, 0.6) is 0 Å². The van der Waals surface area contributed by atoms with Crippen LogP contribution in [-0.4, -0.2) is 51.9 Å². The van der Waals surface area contributed by atoms with Crippen LogP contribution in [0.3, 0.4) is 0 Å². The van der Waals surface area contributed by atoms with Crippen molar-refractivity contribution in [3.05, 3.63) is 59.4 Å². The molecule has 0 N–H and O–H groups in total. The van der Waals surface area contributed by atoms with Crippen LogP contribution in [0, 0.1) is 5.92 Å². The smallest absolute Gasteiger partial charge is 0.266 e. The van der Waals surface area contributed by atoms with Crippen molar-refractivity contribution in [3.8, 4) is 11.3 Å². The van der Waals surface area contributed by atoms with E-state index in [0.717, 1.165) is 48.8 Å². The normalized spacial score (nSPS) is 14.8. The van der Waals surface area contributed by atoms with E-state index in [-0.39, 0.29) is 5.56 Å². The summed E-state index contributed by atoms with van der Waals surface area (Å²) >= 11 is 0. The molecule has 0 amide bonds. The summed E-state index contributed by atoms with van der Waals surface area (Å²) in [6.07, 6.45) is 7.07. The maximum Gasteiger partial charge on any atom is 0.266 e. The summed E-state index contributed by atoms with van der Waals surface area (Å²) in [6, 6.07) is 9.19. The second-order valence-electron chi connectivity index (χ2n) is 7.53. The van der Waals surface area contributed by atoms with E-state index in [2.05, 4.69) is 25.0 Å². The Balaban J connectivity index is 1.42. The van der Waals surface area contributed by atoms with Crippen LogP contribution in [-0.2, 0) is 6.54 Å². The Morgan fingerprint density at radius 3 is 2.55 bits per heavy atom. The van der Waals surface area contributed by atoms with Gasteiger partial charge >= 0.3 is 0 Å². The maximum atomic E-state index is 12.3. The van der Waals surface area contributed by atoms with Crippen molar-refractivity contribution >= 4 is 11.6 Å². The number of rotatable bonds is 5. The van der Waals surface area contributed by atoms with Gasteiger partial charge in [-0.2, -0.15) is 5.10 Å². The van der Waals surface area contributed by atoms with Gasteiger partial charge in [-0.25, -0.2) is 14.6 Å².